The molecule has 6 rings (SSSR count). The Morgan fingerprint density at radius 3 is 1.96 bits per heavy atom. The van der Waals surface area contributed by atoms with Crippen LogP contribution in [-0.4, -0.2) is 39.9 Å². The van der Waals surface area contributed by atoms with Crippen molar-refractivity contribution in [2.45, 2.75) is 83.0 Å². The van der Waals surface area contributed by atoms with Crippen LogP contribution in [0, 0.1) is 33.6 Å². The van der Waals surface area contributed by atoms with Crippen LogP contribution in [0.2, 0.25) is 0 Å². The number of hydrogen-bond acceptors (Lipinski definition) is 7. The zero-order valence-corrected chi connectivity index (χ0v) is 30.8. The van der Waals surface area contributed by atoms with Crippen molar-refractivity contribution >= 4 is 28.6 Å². The molecule has 0 spiro atoms. The second kappa shape index (κ2) is 17.7. The van der Waals surface area contributed by atoms with Crippen molar-refractivity contribution in [1.29, 1.82) is 0 Å². The van der Waals surface area contributed by atoms with Crippen LogP contribution in [0.3, 0.4) is 0 Å². The molecule has 0 radical (unpaired) electrons. The molecule has 258 valence electrons. The van der Waals surface area contributed by atoms with Gasteiger partial charge in [0.2, 0.25) is 11.8 Å². The average molecular weight is 777 g/mol. The largest absolute Gasteiger partial charge is 0.479 e. The molecular weight excluding hydrogens is 731 g/mol. The van der Waals surface area contributed by atoms with Crippen LogP contribution in [0.15, 0.2) is 87.7 Å². The molecule has 0 saturated heterocycles. The molecular formula is C40H45IN2O6. The summed E-state index contributed by atoms with van der Waals surface area (Å²) < 4.78 is 24.4. The molecule has 2 heterocycles. The number of halogens is 1. The minimum absolute atomic E-state index is 0.110. The number of alkyl halides is 1. The van der Waals surface area contributed by atoms with Gasteiger partial charge in [-0.1, -0.05) is 94.7 Å². The molecule has 0 amide bonds. The number of aryl methyl sites for hydroxylation is 4. The minimum atomic E-state index is -0.918. The van der Waals surface area contributed by atoms with Crippen molar-refractivity contribution in [3.8, 4) is 22.9 Å². The monoisotopic (exact) mass is 776 g/mol. The number of carboxylic acid groups (broad SMARTS) is 1. The number of benzene rings is 3. The number of nitrogens with zero attached hydrogens (tertiary/aromatic N) is 2. The number of carbonyl (C=O) groups is 1. The van der Waals surface area contributed by atoms with Gasteiger partial charge in [0.25, 0.3) is 0 Å². The summed E-state index contributed by atoms with van der Waals surface area (Å²) >= 11 is 2.29. The van der Waals surface area contributed by atoms with Gasteiger partial charge in [-0.25, -0.2) is 14.8 Å². The number of rotatable bonds is 12. The standard InChI is InChI=1S/C28H33NO5.C12H12INO/c1-19-11-13-23(14-12-19)27-29-25(20(2)34-27)18-32-24-10-6-9-22(15-24)17-33-26(28(30)31)16-21-7-4-3-5-8-21;1-8-3-5-10(6-4-8)12-14-11(7-13)9(2)15-12/h3-5,7-8,11-14,22,24,26H,6,9-10,15-18H2,1-2H3,(H,30,31);3-6H,7H2,1-2H3/t22-,24+,26?;/m0./s1. The van der Waals surface area contributed by atoms with Crippen LogP contribution in [0.1, 0.15) is 65.3 Å². The fourth-order valence-corrected chi connectivity index (χ4v) is 6.50. The van der Waals surface area contributed by atoms with E-state index < -0.39 is 12.1 Å². The molecule has 1 N–H and O–H groups in total. The highest BCUT2D eigenvalue weighted by Crippen LogP contribution is 2.29. The molecule has 5 aromatic rings. The second-order valence-corrected chi connectivity index (χ2v) is 13.5. The van der Waals surface area contributed by atoms with Crippen molar-refractivity contribution in [2.24, 2.45) is 5.92 Å². The fourth-order valence-electron chi connectivity index (χ4n) is 5.79. The highest BCUT2D eigenvalue weighted by Gasteiger charge is 2.26. The van der Waals surface area contributed by atoms with Gasteiger partial charge in [0.05, 0.1) is 25.0 Å². The van der Waals surface area contributed by atoms with Gasteiger partial charge in [-0.2, -0.15) is 0 Å². The Morgan fingerprint density at radius 1 is 0.837 bits per heavy atom. The third-order valence-electron chi connectivity index (χ3n) is 8.77. The van der Waals surface area contributed by atoms with Gasteiger partial charge >= 0.3 is 5.97 Å². The molecule has 0 bridgehead atoms. The first-order chi connectivity index (χ1) is 23.7. The fraction of sp³-hybridized carbons (Fsp3) is 0.375. The Hall–Kier alpha value is -3.80. The predicted octanol–water partition coefficient (Wildman–Crippen LogP) is 9.64. The van der Waals surface area contributed by atoms with E-state index in [-0.39, 0.29) is 12.0 Å². The third kappa shape index (κ3) is 10.6. The maximum Gasteiger partial charge on any atom is 0.333 e. The van der Waals surface area contributed by atoms with Gasteiger partial charge in [-0.15, -0.1) is 0 Å². The lowest BCUT2D eigenvalue weighted by Gasteiger charge is -2.29. The molecule has 3 aromatic carbocycles. The van der Waals surface area contributed by atoms with Crippen LogP contribution in [0.4, 0.5) is 0 Å². The molecule has 49 heavy (non-hydrogen) atoms. The van der Waals surface area contributed by atoms with Gasteiger partial charge in [-0.3, -0.25) is 0 Å². The normalized spacial score (nSPS) is 16.5. The van der Waals surface area contributed by atoms with Crippen LogP contribution in [-0.2, 0) is 31.7 Å². The number of hydrogen-bond donors (Lipinski definition) is 1. The lowest BCUT2D eigenvalue weighted by Crippen LogP contribution is -2.31. The zero-order valence-electron chi connectivity index (χ0n) is 28.7. The van der Waals surface area contributed by atoms with Crippen LogP contribution >= 0.6 is 22.6 Å². The molecule has 8 nitrogen and oxygen atoms in total. The Labute approximate surface area is 302 Å². The lowest BCUT2D eigenvalue weighted by molar-refractivity contribution is -0.151. The van der Waals surface area contributed by atoms with E-state index >= 15 is 0 Å². The van der Waals surface area contributed by atoms with Crippen molar-refractivity contribution in [2.75, 3.05) is 6.61 Å². The number of aliphatic carboxylic acids is 1. The van der Waals surface area contributed by atoms with E-state index in [2.05, 4.69) is 58.5 Å². The first kappa shape index (κ1) is 36.5. The topological polar surface area (TPSA) is 108 Å². The molecule has 9 heteroatoms. The number of ether oxygens (including phenoxy) is 2. The summed E-state index contributed by atoms with van der Waals surface area (Å²) in [7, 11) is 0. The van der Waals surface area contributed by atoms with Gasteiger partial charge in [0.15, 0.2) is 6.10 Å². The zero-order chi connectivity index (χ0) is 34.8. The van der Waals surface area contributed by atoms with Crippen LogP contribution in [0.25, 0.3) is 22.9 Å². The van der Waals surface area contributed by atoms with Crippen molar-refractivity contribution < 1.29 is 28.2 Å². The number of carboxylic acids is 1. The average Bonchev–Trinajstić information content (AvgIpc) is 3.68. The molecule has 1 aliphatic rings. The summed E-state index contributed by atoms with van der Waals surface area (Å²) in [5.41, 5.74) is 7.26. The van der Waals surface area contributed by atoms with Crippen molar-refractivity contribution in [1.82, 2.24) is 9.97 Å². The molecule has 0 aliphatic heterocycles. The Morgan fingerprint density at radius 2 is 1.41 bits per heavy atom. The van der Waals surface area contributed by atoms with E-state index in [9.17, 15) is 9.90 Å². The summed E-state index contributed by atoms with van der Waals surface area (Å²) in [5, 5.41) is 9.58. The summed E-state index contributed by atoms with van der Waals surface area (Å²) in [6.45, 7) is 8.84. The molecule has 1 fully saturated rings. The molecule has 1 aliphatic carbocycles. The molecule has 3 atom stereocenters. The maximum atomic E-state index is 11.7. The Balaban J connectivity index is 0.000000259. The maximum absolute atomic E-state index is 11.7. The number of oxazole rings is 2. The second-order valence-electron chi connectivity index (χ2n) is 12.7. The van der Waals surface area contributed by atoms with Crippen LogP contribution in [0.5, 0.6) is 0 Å². The third-order valence-corrected chi connectivity index (χ3v) is 9.49. The molecule has 2 aromatic heterocycles. The quantitative estimate of drug-likeness (QED) is 0.0987. The molecule has 1 saturated carbocycles. The van der Waals surface area contributed by atoms with Gasteiger partial charge in [0.1, 0.15) is 17.2 Å². The first-order valence-corrected chi connectivity index (χ1v) is 18.3. The van der Waals surface area contributed by atoms with Gasteiger partial charge in [-0.05, 0) is 82.7 Å². The SMILES string of the molecule is Cc1ccc(-c2nc(CI)c(C)o2)cc1.Cc1ccc(-c2nc(CO[C@@H]3CCC[C@H](COC(Cc4ccccc4)C(=O)O)C3)c(C)o2)cc1. The van der Waals surface area contributed by atoms with E-state index in [4.69, 9.17) is 18.3 Å². The highest BCUT2D eigenvalue weighted by molar-refractivity contribution is 14.1. The summed E-state index contributed by atoms with van der Waals surface area (Å²) in [5.74, 6) is 2.40. The summed E-state index contributed by atoms with van der Waals surface area (Å²) in [6, 6.07) is 25.9. The lowest BCUT2D eigenvalue weighted by atomic mass is 9.87. The smallest absolute Gasteiger partial charge is 0.333 e. The van der Waals surface area contributed by atoms with E-state index in [1.807, 2.05) is 80.6 Å². The van der Waals surface area contributed by atoms with E-state index in [0.29, 0.717) is 25.5 Å². The summed E-state index contributed by atoms with van der Waals surface area (Å²) in [4.78, 5) is 20.8. The van der Waals surface area contributed by atoms with Crippen LogP contribution < -0.4 is 0 Å². The van der Waals surface area contributed by atoms with Gasteiger partial charge in [0, 0.05) is 22.0 Å². The van der Waals surface area contributed by atoms with E-state index in [1.165, 1.54) is 11.1 Å². The predicted molar refractivity (Wildman–Crippen MR) is 199 cm³/mol. The first-order valence-electron chi connectivity index (χ1n) is 16.8. The Bertz CT molecular complexity index is 1770. The van der Waals surface area contributed by atoms with Crippen molar-refractivity contribution in [3.63, 3.8) is 0 Å². The minimum Gasteiger partial charge on any atom is -0.479 e. The Kier molecular flexibility index (Phi) is 13.2. The van der Waals surface area contributed by atoms with Crippen molar-refractivity contribution in [3.05, 3.63) is 118 Å². The van der Waals surface area contributed by atoms with E-state index in [1.54, 1.807) is 0 Å². The molecule has 1 unspecified atom stereocenters. The highest BCUT2D eigenvalue weighted by atomic mass is 127. The summed E-state index contributed by atoms with van der Waals surface area (Å²) in [6.07, 6.45) is 3.57. The van der Waals surface area contributed by atoms with E-state index in [0.717, 1.165) is 75.6 Å². The number of aromatic nitrogens is 2. The van der Waals surface area contributed by atoms with Gasteiger partial charge < -0.3 is 23.4 Å².